The van der Waals surface area contributed by atoms with Crippen molar-refractivity contribution in [2.24, 2.45) is 40.9 Å². The number of carbonyl (C=O) groups excluding carboxylic acids is 4. The van der Waals surface area contributed by atoms with Gasteiger partial charge in [-0.05, 0) is 140 Å². The molecule has 0 aromatic carbocycles. The van der Waals surface area contributed by atoms with Crippen LogP contribution in [0.15, 0.2) is 0 Å². The van der Waals surface area contributed by atoms with Gasteiger partial charge < -0.3 is 9.47 Å². The molecule has 0 bridgehead atoms. The van der Waals surface area contributed by atoms with E-state index in [1.807, 2.05) is 18.9 Å². The molecule has 5 rings (SSSR count). The quantitative estimate of drug-likeness (QED) is 0.178. The summed E-state index contributed by atoms with van der Waals surface area (Å²) in [5.41, 5.74) is 0.360. The van der Waals surface area contributed by atoms with Crippen LogP contribution in [-0.4, -0.2) is 81.7 Å². The zero-order chi connectivity index (χ0) is 37.0. The number of carbonyl (C=O) groups is 4. The van der Waals surface area contributed by atoms with E-state index in [1.54, 1.807) is 25.6 Å². The van der Waals surface area contributed by atoms with Gasteiger partial charge in [-0.1, -0.05) is 25.6 Å². The summed E-state index contributed by atoms with van der Waals surface area (Å²) in [4.78, 5) is 47.9. The van der Waals surface area contributed by atoms with E-state index < -0.39 is 0 Å². The van der Waals surface area contributed by atoms with Crippen LogP contribution in [0.25, 0.3) is 0 Å². The fourth-order valence-corrected chi connectivity index (χ4v) is 14.8. The highest BCUT2D eigenvalue weighted by Crippen LogP contribution is 2.49. The number of ketones is 2. The van der Waals surface area contributed by atoms with Crippen LogP contribution in [-0.2, 0) is 28.7 Å². The zero-order valence-electron chi connectivity index (χ0n) is 32.5. The fourth-order valence-electron chi connectivity index (χ4n) is 9.29. The van der Waals surface area contributed by atoms with Crippen molar-refractivity contribution < 1.29 is 34.4 Å². The van der Waals surface area contributed by atoms with Crippen molar-refractivity contribution in [3.63, 3.8) is 0 Å². The minimum absolute atomic E-state index is 0. The number of thioether (sulfide) groups is 4. The maximum absolute atomic E-state index is 12.6. The number of rotatable bonds is 12. The molecule has 4 saturated carbocycles. The lowest BCUT2D eigenvalue weighted by atomic mass is 9.60. The molecule has 6 nitrogen and oxygen atoms in total. The average Bonchev–Trinajstić information content (AvgIpc) is 3.15. The van der Waals surface area contributed by atoms with Gasteiger partial charge in [-0.15, -0.1) is 0 Å². The third-order valence-electron chi connectivity index (χ3n) is 13.1. The molecule has 4 aliphatic carbocycles. The maximum atomic E-state index is 12.6. The van der Waals surface area contributed by atoms with Crippen LogP contribution in [0.5, 0.6) is 0 Å². The molecule has 0 aromatic heterocycles. The van der Waals surface area contributed by atoms with Gasteiger partial charge in [0.05, 0.1) is 12.0 Å². The Hall–Kier alpha value is -0.160. The predicted molar refractivity (Wildman–Crippen MR) is 227 cm³/mol. The first-order chi connectivity index (χ1) is 24.4. The lowest BCUT2D eigenvalue weighted by Crippen LogP contribution is -2.39. The van der Waals surface area contributed by atoms with Gasteiger partial charge in [0.15, 0.2) is 5.12 Å². The number of ether oxygens (including phenoxy) is 2. The van der Waals surface area contributed by atoms with Crippen LogP contribution in [0.1, 0.15) is 136 Å². The summed E-state index contributed by atoms with van der Waals surface area (Å²) in [6.45, 7) is 8.29. The fraction of sp³-hybridized carbons (Fsp3) is 0.902. The number of hydrogen-bond acceptors (Lipinski definition) is 10. The average molecular weight is 793 g/mol. The molecule has 0 radical (unpaired) electrons. The lowest BCUT2D eigenvalue weighted by Gasteiger charge is -2.46. The molecule has 10 heteroatoms. The molecule has 2 atom stereocenters. The van der Waals surface area contributed by atoms with Crippen LogP contribution in [0, 0.1) is 40.9 Å². The molecule has 0 spiro atoms. The summed E-state index contributed by atoms with van der Waals surface area (Å²) in [6.07, 6.45) is 19.0. The standard InChI is InChI=1S/C25H42O4.C16H26O2S4.4H2/c1-17(26)18-5-7-19(8-6-18)24(27)29-23-15-11-21(12-16-23)25(2,3)20-9-13-22(28-4)14-10-20;1-11(17)12-3-5-13(6-4-12)16(18)22-10-15-9-20-14(7-19-2)8-21-15;;;;/h18-23H,5-16H2,1-4H3;12-15H,3-10H2,1-2H3;4*1H. The molecule has 2 unspecified atom stereocenters. The van der Waals surface area contributed by atoms with Gasteiger partial charge >= 0.3 is 5.97 Å². The van der Waals surface area contributed by atoms with E-state index in [0.29, 0.717) is 27.7 Å². The molecule has 5 aliphatic rings. The molecular formula is C41H76O6S4. The molecule has 0 N–H and O–H groups in total. The minimum atomic E-state index is -0.00685. The van der Waals surface area contributed by atoms with E-state index >= 15 is 0 Å². The summed E-state index contributed by atoms with van der Waals surface area (Å²) in [6, 6.07) is 0. The van der Waals surface area contributed by atoms with E-state index in [4.69, 9.17) is 9.47 Å². The van der Waals surface area contributed by atoms with Gasteiger partial charge in [-0.3, -0.25) is 19.2 Å². The first-order valence-corrected chi connectivity index (χ1v) is 24.5. The monoisotopic (exact) mass is 792 g/mol. The minimum Gasteiger partial charge on any atom is -0.462 e. The highest BCUT2D eigenvalue weighted by atomic mass is 32.2. The molecule has 0 amide bonds. The lowest BCUT2D eigenvalue weighted by molar-refractivity contribution is -0.158. The summed E-state index contributed by atoms with van der Waals surface area (Å²) in [7, 11) is 1.84. The smallest absolute Gasteiger partial charge is 0.309 e. The van der Waals surface area contributed by atoms with Crippen molar-refractivity contribution in [2.75, 3.05) is 36.4 Å². The van der Waals surface area contributed by atoms with Crippen molar-refractivity contribution >= 4 is 69.7 Å². The van der Waals surface area contributed by atoms with Crippen LogP contribution in [0.3, 0.4) is 0 Å². The number of Topliss-reactive ketones (excluding diaryl/α,β-unsaturated/α-hetero) is 2. The Labute approximate surface area is 333 Å². The number of methoxy groups -OCH3 is 1. The first kappa shape index (κ1) is 43.6. The number of esters is 1. The van der Waals surface area contributed by atoms with Crippen LogP contribution in [0.4, 0.5) is 0 Å². The molecule has 300 valence electrons. The number of hydrogen-bond donors (Lipinski definition) is 0. The second-order valence-corrected chi connectivity index (χ2v) is 21.4. The molecule has 1 heterocycles. The second-order valence-electron chi connectivity index (χ2n) is 16.8. The van der Waals surface area contributed by atoms with E-state index in [9.17, 15) is 19.2 Å². The predicted octanol–water partition coefficient (Wildman–Crippen LogP) is 10.9. The van der Waals surface area contributed by atoms with Gasteiger partial charge in [-0.25, -0.2) is 0 Å². The molecule has 1 saturated heterocycles. The van der Waals surface area contributed by atoms with Crippen molar-refractivity contribution in [3.8, 4) is 0 Å². The summed E-state index contributed by atoms with van der Waals surface area (Å²) < 4.78 is 11.5. The Morgan fingerprint density at radius 3 is 1.49 bits per heavy atom. The van der Waals surface area contributed by atoms with E-state index in [0.717, 1.165) is 87.0 Å². The van der Waals surface area contributed by atoms with E-state index in [-0.39, 0.29) is 47.2 Å². The summed E-state index contributed by atoms with van der Waals surface area (Å²) >= 11 is 7.62. The van der Waals surface area contributed by atoms with E-state index in [1.165, 1.54) is 55.8 Å². The van der Waals surface area contributed by atoms with Gasteiger partial charge in [-0.2, -0.15) is 35.3 Å². The molecular weight excluding hydrogens is 717 g/mol. The van der Waals surface area contributed by atoms with E-state index in [2.05, 4.69) is 43.6 Å². The summed E-state index contributed by atoms with van der Waals surface area (Å²) in [5, 5.41) is 1.79. The zero-order valence-corrected chi connectivity index (χ0v) is 35.8. The van der Waals surface area contributed by atoms with Crippen molar-refractivity contribution in [1.29, 1.82) is 0 Å². The van der Waals surface area contributed by atoms with Crippen LogP contribution >= 0.6 is 47.0 Å². The Morgan fingerprint density at radius 2 is 1.06 bits per heavy atom. The Balaban J connectivity index is 0.00000102. The van der Waals surface area contributed by atoms with Gasteiger partial charge in [0.2, 0.25) is 0 Å². The molecule has 0 aromatic rings. The first-order valence-electron chi connectivity index (χ1n) is 20.0. The van der Waals surface area contributed by atoms with Crippen molar-refractivity contribution in [3.05, 3.63) is 0 Å². The molecule has 51 heavy (non-hydrogen) atoms. The third kappa shape index (κ3) is 13.5. The SMILES string of the molecule is COC1CCC(C(C)(C)C2CCC(OC(=O)C3CCC(C(C)=O)CC3)CC2)CC1.CSCC1CSC(CSC(=O)C2CCC(C(C)=O)CC2)CS1.[HH].[HH].[HH].[HH]. The van der Waals surface area contributed by atoms with Crippen molar-refractivity contribution in [1.82, 2.24) is 0 Å². The Bertz CT molecular complexity index is 1110. The highest BCUT2D eigenvalue weighted by Gasteiger charge is 2.41. The van der Waals surface area contributed by atoms with Crippen LogP contribution < -0.4 is 0 Å². The molecule has 1 aliphatic heterocycles. The van der Waals surface area contributed by atoms with Crippen LogP contribution in [0.2, 0.25) is 0 Å². The molecule has 5 fully saturated rings. The highest BCUT2D eigenvalue weighted by molar-refractivity contribution is 8.15. The topological polar surface area (TPSA) is 86.7 Å². The van der Waals surface area contributed by atoms with Gasteiger partial charge in [0, 0.05) is 64.1 Å². The third-order valence-corrected chi connectivity index (χ3v) is 18.7. The normalized spacial score (nSPS) is 34.8. The largest absolute Gasteiger partial charge is 0.462 e. The summed E-state index contributed by atoms with van der Waals surface area (Å²) in [5.74, 6) is 7.30. The maximum Gasteiger partial charge on any atom is 0.309 e. The Kier molecular flexibility index (Phi) is 18.6. The second kappa shape index (κ2) is 21.8. The Morgan fingerprint density at radius 1 is 0.627 bits per heavy atom. The van der Waals surface area contributed by atoms with Gasteiger partial charge in [0.25, 0.3) is 0 Å². The van der Waals surface area contributed by atoms with Crippen molar-refractivity contribution in [2.45, 2.75) is 153 Å². The van der Waals surface area contributed by atoms with Gasteiger partial charge in [0.1, 0.15) is 17.7 Å².